The molecule has 20 heavy (non-hydrogen) atoms. The lowest BCUT2D eigenvalue weighted by Crippen LogP contribution is -2.41. The summed E-state index contributed by atoms with van der Waals surface area (Å²) in [6, 6.07) is 5.72. The van der Waals surface area contributed by atoms with Gasteiger partial charge in [-0.2, -0.15) is 0 Å². The fourth-order valence-electron chi connectivity index (χ4n) is 2.09. The molecule has 0 saturated carbocycles. The lowest BCUT2D eigenvalue weighted by Gasteiger charge is -2.19. The third kappa shape index (κ3) is 3.08. The fraction of sp³-hybridized carbons (Fsp3) is 0.429. The number of pyridine rings is 1. The number of urea groups is 1. The van der Waals surface area contributed by atoms with E-state index in [1.54, 1.807) is 4.90 Å². The van der Waals surface area contributed by atoms with Crippen LogP contribution < -0.4 is 5.32 Å². The number of carbonyl (C=O) groups is 1. The lowest BCUT2D eigenvalue weighted by molar-refractivity contribution is 0.180. The lowest BCUT2D eigenvalue weighted by atomic mass is 10.4. The number of aliphatic hydroxyl groups is 1. The van der Waals surface area contributed by atoms with Crippen molar-refractivity contribution in [1.29, 1.82) is 0 Å². The molecule has 0 aromatic carbocycles. The summed E-state index contributed by atoms with van der Waals surface area (Å²) in [6.07, 6.45) is 1.92. The number of carbonyl (C=O) groups excluding carboxylic acids is 1. The van der Waals surface area contributed by atoms with Crippen LogP contribution in [0.5, 0.6) is 0 Å². The van der Waals surface area contributed by atoms with Crippen molar-refractivity contribution in [2.75, 3.05) is 19.7 Å². The van der Waals surface area contributed by atoms with E-state index in [1.807, 2.05) is 42.6 Å². The Morgan fingerprint density at radius 3 is 2.95 bits per heavy atom. The zero-order valence-corrected chi connectivity index (χ0v) is 11.8. The zero-order chi connectivity index (χ0) is 14.5. The highest BCUT2D eigenvalue weighted by atomic mass is 16.3. The van der Waals surface area contributed by atoms with Crippen LogP contribution in [0.25, 0.3) is 5.65 Å². The molecule has 0 atom stereocenters. The number of imidazole rings is 1. The number of nitrogens with one attached hydrogen (secondary N) is 1. The topological polar surface area (TPSA) is 69.9 Å². The molecule has 2 rings (SSSR count). The number of hydrogen-bond donors (Lipinski definition) is 2. The van der Waals surface area contributed by atoms with E-state index in [-0.39, 0.29) is 12.6 Å². The van der Waals surface area contributed by atoms with Crippen LogP contribution in [-0.4, -0.2) is 45.1 Å². The quantitative estimate of drug-likeness (QED) is 0.861. The van der Waals surface area contributed by atoms with Crippen molar-refractivity contribution < 1.29 is 9.90 Å². The molecule has 6 heteroatoms. The molecule has 2 aromatic heterocycles. The summed E-state index contributed by atoms with van der Waals surface area (Å²) in [6.45, 7) is 5.14. The molecule has 0 aliphatic carbocycles. The van der Waals surface area contributed by atoms with Crippen LogP contribution in [-0.2, 0) is 6.54 Å². The largest absolute Gasteiger partial charge is 0.395 e. The number of fused-ring (bicyclic) bond motifs is 1. The van der Waals surface area contributed by atoms with Crippen molar-refractivity contribution >= 4 is 11.7 Å². The zero-order valence-electron chi connectivity index (χ0n) is 11.8. The number of aryl methyl sites for hydroxylation is 1. The van der Waals surface area contributed by atoms with E-state index in [4.69, 9.17) is 5.11 Å². The van der Waals surface area contributed by atoms with E-state index in [9.17, 15) is 4.79 Å². The first-order valence-corrected chi connectivity index (χ1v) is 6.73. The van der Waals surface area contributed by atoms with Crippen LogP contribution in [0.1, 0.15) is 18.3 Å². The van der Waals surface area contributed by atoms with Crippen molar-refractivity contribution in [3.05, 3.63) is 35.8 Å². The Labute approximate surface area is 118 Å². The monoisotopic (exact) mass is 276 g/mol. The van der Waals surface area contributed by atoms with Crippen molar-refractivity contribution in [2.45, 2.75) is 20.4 Å². The van der Waals surface area contributed by atoms with Crippen molar-refractivity contribution in [3.63, 3.8) is 0 Å². The molecule has 0 saturated heterocycles. The molecule has 6 nitrogen and oxygen atoms in total. The summed E-state index contributed by atoms with van der Waals surface area (Å²) >= 11 is 0. The van der Waals surface area contributed by atoms with Crippen molar-refractivity contribution in [2.24, 2.45) is 0 Å². The molecule has 0 unspecified atom stereocenters. The maximum absolute atomic E-state index is 11.9. The van der Waals surface area contributed by atoms with Crippen molar-refractivity contribution in [3.8, 4) is 0 Å². The maximum atomic E-state index is 11.9. The molecule has 108 valence electrons. The van der Waals surface area contributed by atoms with E-state index < -0.39 is 0 Å². The Balaban J connectivity index is 2.02. The molecule has 2 heterocycles. The predicted molar refractivity (Wildman–Crippen MR) is 76.5 cm³/mol. The van der Waals surface area contributed by atoms with Crippen LogP contribution >= 0.6 is 0 Å². The third-order valence-electron chi connectivity index (χ3n) is 3.21. The number of aromatic nitrogens is 2. The highest BCUT2D eigenvalue weighted by Gasteiger charge is 2.11. The molecule has 2 N–H and O–H groups in total. The van der Waals surface area contributed by atoms with Gasteiger partial charge in [-0.05, 0) is 26.0 Å². The number of hydrogen-bond acceptors (Lipinski definition) is 3. The average molecular weight is 276 g/mol. The molecule has 0 fully saturated rings. The minimum absolute atomic E-state index is 0.0329. The van der Waals surface area contributed by atoms with Gasteiger partial charge in [0.05, 0.1) is 18.8 Å². The van der Waals surface area contributed by atoms with Gasteiger partial charge in [0, 0.05) is 25.0 Å². The first kappa shape index (κ1) is 14.3. The van der Waals surface area contributed by atoms with Gasteiger partial charge in [-0.15, -0.1) is 0 Å². The van der Waals surface area contributed by atoms with E-state index in [2.05, 4.69) is 10.3 Å². The summed E-state index contributed by atoms with van der Waals surface area (Å²) < 4.78 is 1.99. The van der Waals surface area contributed by atoms with Crippen LogP contribution in [0.15, 0.2) is 24.4 Å². The van der Waals surface area contributed by atoms with E-state index in [1.165, 1.54) is 0 Å². The second-order valence-electron chi connectivity index (χ2n) is 4.59. The van der Waals surface area contributed by atoms with E-state index >= 15 is 0 Å². The minimum atomic E-state index is -0.185. The van der Waals surface area contributed by atoms with Crippen molar-refractivity contribution in [1.82, 2.24) is 19.6 Å². The SMILES string of the molecule is CCN(CCO)C(=O)NCc1cn2c(C)cccc2n1. The van der Waals surface area contributed by atoms with Crippen LogP contribution in [0.3, 0.4) is 0 Å². The molecule has 0 bridgehead atoms. The van der Waals surface area contributed by atoms with Crippen LogP contribution in [0, 0.1) is 6.92 Å². The normalized spacial score (nSPS) is 10.8. The summed E-state index contributed by atoms with van der Waals surface area (Å²) in [5, 5.41) is 11.7. The first-order chi connectivity index (χ1) is 9.65. The van der Waals surface area contributed by atoms with Gasteiger partial charge in [-0.3, -0.25) is 0 Å². The number of rotatable bonds is 5. The summed E-state index contributed by atoms with van der Waals surface area (Å²) in [5.41, 5.74) is 2.78. The highest BCUT2D eigenvalue weighted by Crippen LogP contribution is 2.08. The number of aliphatic hydroxyl groups excluding tert-OH is 1. The van der Waals surface area contributed by atoms with Gasteiger partial charge < -0.3 is 19.7 Å². The minimum Gasteiger partial charge on any atom is -0.395 e. The number of amides is 2. The Morgan fingerprint density at radius 1 is 1.50 bits per heavy atom. The molecular weight excluding hydrogens is 256 g/mol. The van der Waals surface area contributed by atoms with E-state index in [0.717, 1.165) is 17.0 Å². The van der Waals surface area contributed by atoms with Crippen LogP contribution in [0.2, 0.25) is 0 Å². The van der Waals surface area contributed by atoms with E-state index in [0.29, 0.717) is 19.6 Å². The molecule has 0 radical (unpaired) electrons. The molecule has 0 aliphatic heterocycles. The number of likely N-dealkylation sites (N-methyl/N-ethyl adjacent to an activating group) is 1. The van der Waals surface area contributed by atoms with Gasteiger partial charge >= 0.3 is 6.03 Å². The van der Waals surface area contributed by atoms with Crippen LogP contribution in [0.4, 0.5) is 4.79 Å². The van der Waals surface area contributed by atoms with Gasteiger partial charge in [-0.1, -0.05) is 6.07 Å². The Kier molecular flexibility index (Phi) is 4.57. The van der Waals surface area contributed by atoms with Gasteiger partial charge in [-0.25, -0.2) is 9.78 Å². The molecular formula is C14H20N4O2. The summed E-state index contributed by atoms with van der Waals surface area (Å²) in [5.74, 6) is 0. The second-order valence-corrected chi connectivity index (χ2v) is 4.59. The Hall–Kier alpha value is -2.08. The third-order valence-corrected chi connectivity index (χ3v) is 3.21. The van der Waals surface area contributed by atoms with Gasteiger partial charge in [0.1, 0.15) is 5.65 Å². The first-order valence-electron chi connectivity index (χ1n) is 6.73. The maximum Gasteiger partial charge on any atom is 0.317 e. The molecule has 0 spiro atoms. The standard InChI is InChI=1S/C14H20N4O2/c1-3-17(7-8-19)14(20)15-9-12-10-18-11(2)5-4-6-13(18)16-12/h4-6,10,19H,3,7-9H2,1-2H3,(H,15,20). The second kappa shape index (κ2) is 6.38. The Morgan fingerprint density at radius 2 is 2.30 bits per heavy atom. The average Bonchev–Trinajstić information content (AvgIpc) is 2.86. The smallest absolute Gasteiger partial charge is 0.317 e. The predicted octanol–water partition coefficient (Wildman–Crippen LogP) is 1.17. The van der Waals surface area contributed by atoms with Gasteiger partial charge in [0.2, 0.25) is 0 Å². The van der Waals surface area contributed by atoms with Gasteiger partial charge in [0.25, 0.3) is 0 Å². The van der Waals surface area contributed by atoms with Gasteiger partial charge in [0.15, 0.2) is 0 Å². The summed E-state index contributed by atoms with van der Waals surface area (Å²) in [4.78, 5) is 17.9. The fourth-order valence-corrected chi connectivity index (χ4v) is 2.09. The number of nitrogens with zero attached hydrogens (tertiary/aromatic N) is 3. The molecule has 0 aliphatic rings. The Bertz CT molecular complexity index is 594. The summed E-state index contributed by atoms with van der Waals surface area (Å²) in [7, 11) is 0. The highest BCUT2D eigenvalue weighted by molar-refractivity contribution is 5.74. The molecule has 2 aromatic rings. The molecule has 2 amide bonds.